The summed E-state index contributed by atoms with van der Waals surface area (Å²) in [5.74, 6) is -0.177. The molecule has 0 atom stereocenters. The topological polar surface area (TPSA) is 12.9 Å². The van der Waals surface area contributed by atoms with E-state index in [1.165, 1.54) is 61.6 Å². The van der Waals surface area contributed by atoms with E-state index in [1.807, 2.05) is 6.07 Å². The fourth-order valence-electron chi connectivity index (χ4n) is 3.69. The van der Waals surface area contributed by atoms with Gasteiger partial charge in [-0.15, -0.1) is 0 Å². The Kier molecular flexibility index (Phi) is 7.99. The summed E-state index contributed by atoms with van der Waals surface area (Å²) in [7, 11) is 0. The Morgan fingerprint density at radius 3 is 1.92 bits per heavy atom. The van der Waals surface area contributed by atoms with Crippen LogP contribution in [-0.2, 0) is 0 Å². The molecule has 0 spiro atoms. The van der Waals surface area contributed by atoms with Crippen LogP contribution < -0.4 is 3.71 Å². The number of rotatable bonds is 10. The van der Waals surface area contributed by atoms with Gasteiger partial charge in [0.1, 0.15) is 0 Å². The van der Waals surface area contributed by atoms with E-state index >= 15 is 0 Å². The standard InChI is InChI=1S/C9H5FN.3C4H9.Sn/c10-8-4-3-7-2-1-5-11-9(7)6-8;3*1-3-4-2;/h1-4,6H;3*1,3-4H2,2H3;. The molecule has 1 aromatic carbocycles. The van der Waals surface area contributed by atoms with Gasteiger partial charge in [0.2, 0.25) is 0 Å². The molecule has 3 heteroatoms. The summed E-state index contributed by atoms with van der Waals surface area (Å²) in [6.45, 7) is 6.87. The molecule has 0 saturated carbocycles. The summed E-state index contributed by atoms with van der Waals surface area (Å²) >= 11 is -2.50. The van der Waals surface area contributed by atoms with Crippen molar-refractivity contribution in [3.63, 3.8) is 0 Å². The van der Waals surface area contributed by atoms with Gasteiger partial charge in [-0.2, -0.15) is 0 Å². The molecule has 1 nitrogen and oxygen atoms in total. The molecule has 0 aliphatic carbocycles. The van der Waals surface area contributed by atoms with Crippen molar-refractivity contribution in [2.45, 2.75) is 72.6 Å². The zero-order valence-electron chi connectivity index (χ0n) is 15.6. The Labute approximate surface area is 150 Å². The van der Waals surface area contributed by atoms with Crippen LogP contribution in [0.1, 0.15) is 59.3 Å². The number of pyridine rings is 1. The van der Waals surface area contributed by atoms with Crippen molar-refractivity contribution >= 4 is 33.0 Å². The Morgan fingerprint density at radius 2 is 1.38 bits per heavy atom. The van der Waals surface area contributed by atoms with Crippen molar-refractivity contribution in [3.05, 3.63) is 36.1 Å². The number of hydrogen-bond donors (Lipinski definition) is 0. The summed E-state index contributed by atoms with van der Waals surface area (Å²) in [5, 5.41) is 1.06. The van der Waals surface area contributed by atoms with Gasteiger partial charge < -0.3 is 0 Å². The first kappa shape index (κ1) is 19.7. The molecule has 0 amide bonds. The average Bonchev–Trinajstić information content (AvgIpc) is 2.61. The number of fused-ring (bicyclic) bond motifs is 1. The fraction of sp³-hybridized carbons (Fsp3) is 0.571. The first-order valence-corrected chi connectivity index (χ1v) is 17.2. The van der Waals surface area contributed by atoms with Crippen molar-refractivity contribution in [1.82, 2.24) is 4.98 Å². The molecule has 2 rings (SSSR count). The van der Waals surface area contributed by atoms with Crippen LogP contribution >= 0.6 is 0 Å². The van der Waals surface area contributed by atoms with E-state index in [1.54, 1.807) is 6.07 Å². The van der Waals surface area contributed by atoms with Crippen molar-refractivity contribution in [3.8, 4) is 0 Å². The molecule has 0 N–H and O–H groups in total. The van der Waals surface area contributed by atoms with Crippen molar-refractivity contribution in [2.24, 2.45) is 0 Å². The first-order chi connectivity index (χ1) is 11.6. The summed E-state index contributed by atoms with van der Waals surface area (Å²) in [4.78, 5) is 5.02. The molecule has 132 valence electrons. The third-order valence-electron chi connectivity index (χ3n) is 5.22. The molecule has 0 unspecified atom stereocenters. The van der Waals surface area contributed by atoms with Crippen LogP contribution in [0.25, 0.3) is 10.9 Å². The van der Waals surface area contributed by atoms with Crippen LogP contribution in [0.15, 0.2) is 30.3 Å². The number of unbranched alkanes of at least 4 members (excludes halogenated alkanes) is 3. The zero-order valence-corrected chi connectivity index (χ0v) is 18.4. The number of aromatic nitrogens is 1. The van der Waals surface area contributed by atoms with Gasteiger partial charge in [-0.25, -0.2) is 0 Å². The van der Waals surface area contributed by atoms with Crippen molar-refractivity contribution in [1.29, 1.82) is 0 Å². The SMILES string of the molecule is CCC[CH2][Sn]([CH2]CCC)([CH2]CCC)[c]1ccc2ccc(F)cc2n1. The van der Waals surface area contributed by atoms with E-state index in [0.29, 0.717) is 0 Å². The second kappa shape index (κ2) is 9.74. The van der Waals surface area contributed by atoms with Gasteiger partial charge in [0, 0.05) is 0 Å². The predicted molar refractivity (Wildman–Crippen MR) is 106 cm³/mol. The zero-order chi connectivity index (χ0) is 17.4. The molecule has 24 heavy (non-hydrogen) atoms. The van der Waals surface area contributed by atoms with Gasteiger partial charge in [-0.1, -0.05) is 0 Å². The molecule has 0 aliphatic rings. The second-order valence-corrected chi connectivity index (χ2v) is 20.2. The van der Waals surface area contributed by atoms with Crippen molar-refractivity contribution < 1.29 is 4.39 Å². The van der Waals surface area contributed by atoms with E-state index in [0.717, 1.165) is 10.9 Å². The normalized spacial score (nSPS) is 12.0. The average molecular weight is 436 g/mol. The minimum absolute atomic E-state index is 0.177. The minimum atomic E-state index is -2.50. The number of hydrogen-bond acceptors (Lipinski definition) is 1. The third kappa shape index (κ3) is 4.93. The molecule has 0 radical (unpaired) electrons. The van der Waals surface area contributed by atoms with Gasteiger partial charge in [0.15, 0.2) is 0 Å². The number of halogens is 1. The maximum absolute atomic E-state index is 13.6. The van der Waals surface area contributed by atoms with E-state index in [2.05, 4.69) is 32.9 Å². The van der Waals surface area contributed by atoms with Crippen molar-refractivity contribution in [2.75, 3.05) is 0 Å². The molecule has 1 heterocycles. The molecular formula is C21H32FNSn. The summed E-state index contributed by atoms with van der Waals surface area (Å²) in [6, 6.07) is 9.45. The maximum atomic E-state index is 13.6. The van der Waals surface area contributed by atoms with Crippen LogP contribution in [0.2, 0.25) is 13.3 Å². The summed E-state index contributed by atoms with van der Waals surface area (Å²) in [6.07, 6.45) is 7.77. The second-order valence-electron chi connectivity index (χ2n) is 7.12. The Hall–Kier alpha value is -0.641. The Bertz CT molecular complexity index is 619. The monoisotopic (exact) mass is 437 g/mol. The van der Waals surface area contributed by atoms with Crippen LogP contribution in [0, 0.1) is 5.82 Å². The molecule has 0 aliphatic heterocycles. The van der Waals surface area contributed by atoms with Crippen LogP contribution in [-0.4, -0.2) is 23.4 Å². The van der Waals surface area contributed by atoms with Gasteiger partial charge in [0.05, 0.1) is 0 Å². The molecular weight excluding hydrogens is 404 g/mol. The summed E-state index contributed by atoms with van der Waals surface area (Å²) < 4.78 is 19.2. The third-order valence-corrected chi connectivity index (χ3v) is 20.3. The van der Waals surface area contributed by atoms with Crippen LogP contribution in [0.5, 0.6) is 0 Å². The Balaban J connectivity index is 2.45. The molecule has 0 bridgehead atoms. The van der Waals surface area contributed by atoms with E-state index < -0.39 is 18.4 Å². The quantitative estimate of drug-likeness (QED) is 0.391. The van der Waals surface area contributed by atoms with Gasteiger partial charge in [-0.05, 0) is 0 Å². The Morgan fingerprint density at radius 1 is 0.833 bits per heavy atom. The predicted octanol–water partition coefficient (Wildman–Crippen LogP) is 6.43. The van der Waals surface area contributed by atoms with Crippen LogP contribution in [0.3, 0.4) is 0 Å². The molecule has 1 aromatic heterocycles. The van der Waals surface area contributed by atoms with E-state index in [4.69, 9.17) is 4.98 Å². The number of benzene rings is 1. The van der Waals surface area contributed by atoms with Crippen LogP contribution in [0.4, 0.5) is 4.39 Å². The molecule has 2 aromatic rings. The molecule has 0 saturated heterocycles. The summed E-state index contributed by atoms with van der Waals surface area (Å²) in [5.41, 5.74) is 0.845. The van der Waals surface area contributed by atoms with Gasteiger partial charge in [0.25, 0.3) is 0 Å². The fourth-order valence-corrected chi connectivity index (χ4v) is 19.1. The number of nitrogens with zero attached hydrogens (tertiary/aromatic N) is 1. The van der Waals surface area contributed by atoms with E-state index in [9.17, 15) is 4.39 Å². The molecule has 0 fully saturated rings. The first-order valence-electron chi connectivity index (χ1n) is 9.72. The van der Waals surface area contributed by atoms with Gasteiger partial charge >= 0.3 is 151 Å². The van der Waals surface area contributed by atoms with Gasteiger partial charge in [-0.3, -0.25) is 0 Å². The van der Waals surface area contributed by atoms with E-state index in [-0.39, 0.29) is 5.82 Å².